The molecule has 2 aromatic rings. The lowest BCUT2D eigenvalue weighted by Gasteiger charge is -2.13. The van der Waals surface area contributed by atoms with Crippen LogP contribution in [-0.4, -0.2) is 37.6 Å². The molecule has 1 aliphatic heterocycles. The normalized spacial score (nSPS) is 20.4. The van der Waals surface area contributed by atoms with Gasteiger partial charge in [0, 0.05) is 18.2 Å². The summed E-state index contributed by atoms with van der Waals surface area (Å²) in [6.07, 6.45) is 1.96. The first-order chi connectivity index (χ1) is 8.15. The highest BCUT2D eigenvalue weighted by molar-refractivity contribution is 7.81. The van der Waals surface area contributed by atoms with Gasteiger partial charge in [-0.25, -0.2) is 9.97 Å². The Morgan fingerprint density at radius 2 is 2.41 bits per heavy atom. The molecule has 0 spiro atoms. The minimum Gasteiger partial charge on any atom is -0.341 e. The van der Waals surface area contributed by atoms with Gasteiger partial charge in [0.05, 0.1) is 6.33 Å². The molecule has 0 bridgehead atoms. The van der Waals surface area contributed by atoms with Crippen molar-refractivity contribution in [2.24, 2.45) is 0 Å². The van der Waals surface area contributed by atoms with Gasteiger partial charge in [-0.2, -0.15) is 12.6 Å². The molecule has 3 heterocycles. The topological polar surface area (TPSA) is 77.7 Å². The minimum absolute atomic E-state index is 0.00182. The first-order valence-electron chi connectivity index (χ1n) is 5.07. The molecule has 0 aliphatic carbocycles. The molecule has 1 fully saturated rings. The number of hydrogen-bond acceptors (Lipinski definition) is 5. The van der Waals surface area contributed by atoms with Crippen molar-refractivity contribution in [3.63, 3.8) is 0 Å². The number of imidazole rings is 1. The Morgan fingerprint density at radius 3 is 3.12 bits per heavy atom. The molecule has 3 rings (SSSR count). The van der Waals surface area contributed by atoms with Crippen molar-refractivity contribution in [3.8, 4) is 0 Å². The number of rotatable bonds is 1. The molecule has 8 heteroatoms. The van der Waals surface area contributed by atoms with E-state index in [1.165, 1.54) is 6.33 Å². The molecule has 2 aromatic heterocycles. The minimum atomic E-state index is -0.00182. The van der Waals surface area contributed by atoms with Crippen molar-refractivity contribution >= 4 is 47.9 Å². The van der Waals surface area contributed by atoms with Crippen molar-refractivity contribution in [2.75, 3.05) is 11.4 Å². The third kappa shape index (κ3) is 1.73. The maximum Gasteiger partial charge on any atom is 0.230 e. The summed E-state index contributed by atoms with van der Waals surface area (Å²) < 4.78 is 0.404. The molecule has 6 nitrogen and oxygen atoms in total. The van der Waals surface area contributed by atoms with Crippen LogP contribution in [0.3, 0.4) is 0 Å². The summed E-state index contributed by atoms with van der Waals surface area (Å²) in [7, 11) is 0. The third-order valence-electron chi connectivity index (χ3n) is 2.65. The fourth-order valence-corrected chi connectivity index (χ4v) is 2.42. The molecule has 1 atom stereocenters. The number of H-pyrrole nitrogens is 2. The molecule has 1 saturated heterocycles. The van der Waals surface area contributed by atoms with E-state index in [1.807, 2.05) is 0 Å². The Balaban J connectivity index is 2.12. The van der Waals surface area contributed by atoms with E-state index in [0.29, 0.717) is 34.7 Å². The first-order valence-corrected chi connectivity index (χ1v) is 5.99. The van der Waals surface area contributed by atoms with Gasteiger partial charge in [-0.15, -0.1) is 0 Å². The summed E-state index contributed by atoms with van der Waals surface area (Å²) in [5.74, 6) is 0.439. The summed E-state index contributed by atoms with van der Waals surface area (Å²) in [4.78, 5) is 27.5. The van der Waals surface area contributed by atoms with Crippen molar-refractivity contribution in [1.29, 1.82) is 0 Å². The zero-order valence-corrected chi connectivity index (χ0v) is 10.4. The third-order valence-corrected chi connectivity index (χ3v) is 3.29. The first kappa shape index (κ1) is 10.7. The summed E-state index contributed by atoms with van der Waals surface area (Å²) in [6.45, 7) is 0.538. The molecule has 1 unspecified atom stereocenters. The maximum atomic E-state index is 11.7. The van der Waals surface area contributed by atoms with Gasteiger partial charge in [0.2, 0.25) is 11.9 Å². The lowest BCUT2D eigenvalue weighted by molar-refractivity contribution is -0.117. The zero-order valence-electron chi connectivity index (χ0n) is 8.67. The van der Waals surface area contributed by atoms with Gasteiger partial charge in [0.1, 0.15) is 5.52 Å². The van der Waals surface area contributed by atoms with E-state index in [4.69, 9.17) is 12.2 Å². The standard InChI is InChI=1S/C9H9N5OS2/c15-5-1-4(16)2-14(5)9-12-7-6(8(17)13-9)10-3-11-7/h3-4,16H,1-2H2,(H2,10,11,12,13,17). The lowest BCUT2D eigenvalue weighted by Crippen LogP contribution is -2.26. The Labute approximate surface area is 107 Å². The lowest BCUT2D eigenvalue weighted by atomic mass is 10.4. The molecule has 17 heavy (non-hydrogen) atoms. The molecule has 2 N–H and O–H groups in total. The van der Waals surface area contributed by atoms with Gasteiger partial charge in [-0.05, 0) is 0 Å². The molecule has 88 valence electrons. The number of aromatic amines is 2. The summed E-state index contributed by atoms with van der Waals surface area (Å²) >= 11 is 9.44. The van der Waals surface area contributed by atoms with Crippen LogP contribution in [0.4, 0.5) is 5.95 Å². The second-order valence-corrected chi connectivity index (χ2v) is 4.97. The van der Waals surface area contributed by atoms with Crippen LogP contribution in [-0.2, 0) is 4.79 Å². The van der Waals surface area contributed by atoms with Crippen LogP contribution in [0.25, 0.3) is 11.2 Å². The molecule has 0 aromatic carbocycles. The van der Waals surface area contributed by atoms with E-state index in [2.05, 4.69) is 32.6 Å². The summed E-state index contributed by atoms with van der Waals surface area (Å²) in [5, 5.41) is 0.0427. The van der Waals surface area contributed by atoms with Gasteiger partial charge in [0.25, 0.3) is 0 Å². The second kappa shape index (κ2) is 3.81. The predicted molar refractivity (Wildman–Crippen MR) is 68.8 cm³/mol. The number of thiol groups is 1. The number of anilines is 1. The van der Waals surface area contributed by atoms with Crippen molar-refractivity contribution in [1.82, 2.24) is 19.9 Å². The van der Waals surface area contributed by atoms with Crippen LogP contribution in [0.5, 0.6) is 0 Å². The smallest absolute Gasteiger partial charge is 0.230 e. The molecule has 0 saturated carbocycles. The zero-order chi connectivity index (χ0) is 12.0. The van der Waals surface area contributed by atoms with E-state index in [9.17, 15) is 4.79 Å². The Kier molecular flexibility index (Phi) is 2.40. The highest BCUT2D eigenvalue weighted by atomic mass is 32.1. The van der Waals surface area contributed by atoms with E-state index < -0.39 is 0 Å². The van der Waals surface area contributed by atoms with Gasteiger partial charge < -0.3 is 9.97 Å². The number of aromatic nitrogens is 4. The SMILES string of the molecule is O=C1CC(S)CN1c1nc(=S)c2[nH]cnc2[nH]1. The maximum absolute atomic E-state index is 11.7. The number of nitrogens with zero attached hydrogens (tertiary/aromatic N) is 3. The van der Waals surface area contributed by atoms with Crippen molar-refractivity contribution < 1.29 is 4.79 Å². The van der Waals surface area contributed by atoms with E-state index in [-0.39, 0.29) is 11.2 Å². The number of hydrogen-bond donors (Lipinski definition) is 3. The van der Waals surface area contributed by atoms with Crippen molar-refractivity contribution in [3.05, 3.63) is 11.0 Å². The number of amides is 1. The van der Waals surface area contributed by atoms with Crippen LogP contribution in [0.15, 0.2) is 6.33 Å². The Bertz CT molecular complexity index is 648. The molecule has 0 radical (unpaired) electrons. The predicted octanol–water partition coefficient (Wildman–Crippen LogP) is 1.05. The van der Waals surface area contributed by atoms with Gasteiger partial charge >= 0.3 is 0 Å². The summed E-state index contributed by atoms with van der Waals surface area (Å²) in [6, 6.07) is 0. The number of fused-ring (bicyclic) bond motifs is 1. The highest BCUT2D eigenvalue weighted by Gasteiger charge is 2.30. The van der Waals surface area contributed by atoms with E-state index in [0.717, 1.165) is 0 Å². The number of carbonyl (C=O) groups is 1. The second-order valence-electron chi connectivity index (χ2n) is 3.85. The van der Waals surface area contributed by atoms with Gasteiger partial charge in [-0.1, -0.05) is 12.2 Å². The fourth-order valence-electron chi connectivity index (χ4n) is 1.86. The average Bonchev–Trinajstić information content (AvgIpc) is 2.84. The Hall–Kier alpha value is -1.41. The van der Waals surface area contributed by atoms with Gasteiger partial charge in [0.15, 0.2) is 10.3 Å². The van der Waals surface area contributed by atoms with Crippen LogP contribution in [0.2, 0.25) is 0 Å². The van der Waals surface area contributed by atoms with Crippen LogP contribution in [0, 0.1) is 4.64 Å². The number of nitrogens with one attached hydrogen (secondary N) is 2. The largest absolute Gasteiger partial charge is 0.341 e. The summed E-state index contributed by atoms with van der Waals surface area (Å²) in [5.41, 5.74) is 1.29. The highest BCUT2D eigenvalue weighted by Crippen LogP contribution is 2.22. The molecule has 1 amide bonds. The van der Waals surface area contributed by atoms with Crippen LogP contribution in [0.1, 0.15) is 6.42 Å². The number of carbonyl (C=O) groups excluding carboxylic acids is 1. The molecular formula is C9H9N5OS2. The monoisotopic (exact) mass is 267 g/mol. The average molecular weight is 267 g/mol. The van der Waals surface area contributed by atoms with Gasteiger partial charge in [-0.3, -0.25) is 9.69 Å². The Morgan fingerprint density at radius 1 is 1.59 bits per heavy atom. The molecule has 1 aliphatic rings. The van der Waals surface area contributed by atoms with Crippen LogP contribution < -0.4 is 4.90 Å². The fraction of sp³-hybridized carbons (Fsp3) is 0.333. The quantitative estimate of drug-likeness (QED) is 0.533. The van der Waals surface area contributed by atoms with E-state index in [1.54, 1.807) is 4.90 Å². The van der Waals surface area contributed by atoms with Crippen LogP contribution >= 0.6 is 24.8 Å². The van der Waals surface area contributed by atoms with E-state index >= 15 is 0 Å². The molecular weight excluding hydrogens is 258 g/mol. The van der Waals surface area contributed by atoms with Crippen molar-refractivity contribution in [2.45, 2.75) is 11.7 Å².